The van der Waals surface area contributed by atoms with E-state index in [0.717, 1.165) is 35.2 Å². The number of halogens is 1. The van der Waals surface area contributed by atoms with Gasteiger partial charge in [0, 0.05) is 36.3 Å². The average molecular weight is 340 g/mol. The van der Waals surface area contributed by atoms with Gasteiger partial charge in [-0.25, -0.2) is 0 Å². The van der Waals surface area contributed by atoms with Crippen molar-refractivity contribution >= 4 is 33.9 Å². The molecule has 1 fully saturated rings. The first kappa shape index (κ1) is 15.0. The summed E-state index contributed by atoms with van der Waals surface area (Å²) < 4.78 is 0.998. The van der Waals surface area contributed by atoms with Gasteiger partial charge in [-0.3, -0.25) is 14.5 Å². The zero-order valence-corrected chi connectivity index (χ0v) is 13.0. The summed E-state index contributed by atoms with van der Waals surface area (Å²) in [4.78, 5) is 26.4. The maximum Gasteiger partial charge on any atom is 0.238 e. The first-order chi connectivity index (χ1) is 9.58. The van der Waals surface area contributed by atoms with E-state index in [9.17, 15) is 9.59 Å². The van der Waals surface area contributed by atoms with E-state index < -0.39 is 0 Å². The number of nitrogens with one attached hydrogen (secondary N) is 1. The number of rotatable bonds is 4. The van der Waals surface area contributed by atoms with E-state index >= 15 is 0 Å². The monoisotopic (exact) mass is 339 g/mol. The molecule has 1 aliphatic heterocycles. The van der Waals surface area contributed by atoms with Gasteiger partial charge in [-0.2, -0.15) is 0 Å². The van der Waals surface area contributed by atoms with Crippen LogP contribution in [0.25, 0.3) is 0 Å². The molecule has 1 N–H and O–H groups in total. The second-order valence-corrected chi connectivity index (χ2v) is 5.84. The predicted molar refractivity (Wildman–Crippen MR) is 81.6 cm³/mol. The first-order valence-corrected chi connectivity index (χ1v) is 7.35. The molecule has 1 aromatic carbocycles. The minimum atomic E-state index is -0.0185. The van der Waals surface area contributed by atoms with Gasteiger partial charge in [0.25, 0.3) is 0 Å². The van der Waals surface area contributed by atoms with Crippen LogP contribution in [-0.2, 0) is 9.59 Å². The third-order valence-corrected chi connectivity index (χ3v) is 3.88. The van der Waals surface area contributed by atoms with Gasteiger partial charge in [-0.05, 0) is 30.7 Å². The van der Waals surface area contributed by atoms with Crippen LogP contribution in [0.15, 0.2) is 22.7 Å². The van der Waals surface area contributed by atoms with Crippen LogP contribution in [0.2, 0.25) is 0 Å². The Kier molecular flexibility index (Phi) is 5.14. The number of hydrogen-bond acceptors (Lipinski definition) is 3. The van der Waals surface area contributed by atoms with Gasteiger partial charge in [0.05, 0.1) is 6.54 Å². The summed E-state index contributed by atoms with van der Waals surface area (Å²) in [7, 11) is 0. The molecule has 1 saturated heterocycles. The molecule has 5 nitrogen and oxygen atoms in total. The quantitative estimate of drug-likeness (QED) is 0.845. The fourth-order valence-corrected chi connectivity index (χ4v) is 2.66. The molecule has 0 spiro atoms. The lowest BCUT2D eigenvalue weighted by Crippen LogP contribution is -2.48. The van der Waals surface area contributed by atoms with Crippen LogP contribution in [0.1, 0.15) is 5.56 Å². The number of piperazine rings is 1. The minimum absolute atomic E-state index is 0.0185. The van der Waals surface area contributed by atoms with Crippen molar-refractivity contribution in [3.63, 3.8) is 0 Å². The maximum atomic E-state index is 12.0. The zero-order chi connectivity index (χ0) is 14.5. The lowest BCUT2D eigenvalue weighted by Gasteiger charge is -2.31. The third-order valence-electron chi connectivity index (χ3n) is 3.39. The van der Waals surface area contributed by atoms with Gasteiger partial charge in [0.15, 0.2) is 0 Å². The molecule has 20 heavy (non-hydrogen) atoms. The predicted octanol–water partition coefficient (Wildman–Crippen LogP) is 1.47. The second-order valence-electron chi connectivity index (χ2n) is 4.92. The highest BCUT2D eigenvalue weighted by Gasteiger charge is 2.17. The molecule has 0 bridgehead atoms. The van der Waals surface area contributed by atoms with Gasteiger partial charge < -0.3 is 10.2 Å². The molecule has 1 heterocycles. The number of hydrogen-bond donors (Lipinski definition) is 1. The van der Waals surface area contributed by atoms with E-state index in [1.165, 1.54) is 0 Å². The fraction of sp³-hybridized carbons (Fsp3) is 0.429. The highest BCUT2D eigenvalue weighted by molar-refractivity contribution is 9.10. The smallest absolute Gasteiger partial charge is 0.238 e. The van der Waals surface area contributed by atoms with Gasteiger partial charge in [-0.1, -0.05) is 15.9 Å². The topological polar surface area (TPSA) is 52.7 Å². The molecule has 0 aliphatic carbocycles. The summed E-state index contributed by atoms with van der Waals surface area (Å²) in [6.07, 6.45) is 0.864. The van der Waals surface area contributed by atoms with Crippen LogP contribution in [0.4, 0.5) is 5.69 Å². The fourth-order valence-electron chi connectivity index (χ4n) is 2.19. The lowest BCUT2D eigenvalue weighted by atomic mass is 10.2. The largest absolute Gasteiger partial charge is 0.343 e. The summed E-state index contributed by atoms with van der Waals surface area (Å²) in [5.74, 6) is -0.0185. The van der Waals surface area contributed by atoms with E-state index in [2.05, 4.69) is 26.1 Å². The molecule has 0 aromatic heterocycles. The Balaban J connectivity index is 1.85. The van der Waals surface area contributed by atoms with Crippen LogP contribution >= 0.6 is 15.9 Å². The molecule has 0 unspecified atom stereocenters. The van der Waals surface area contributed by atoms with Crippen LogP contribution in [-0.4, -0.2) is 54.8 Å². The Labute approximate surface area is 127 Å². The molecule has 1 aromatic rings. The van der Waals surface area contributed by atoms with Gasteiger partial charge in [0.1, 0.15) is 0 Å². The number of carbonyl (C=O) groups excluding carboxylic acids is 2. The summed E-state index contributed by atoms with van der Waals surface area (Å²) in [6, 6.07) is 5.77. The highest BCUT2D eigenvalue weighted by Crippen LogP contribution is 2.19. The molecule has 0 atom stereocenters. The van der Waals surface area contributed by atoms with Crippen molar-refractivity contribution in [1.82, 2.24) is 9.80 Å². The molecule has 0 saturated carbocycles. The van der Waals surface area contributed by atoms with Crippen LogP contribution < -0.4 is 5.32 Å². The van der Waals surface area contributed by atoms with Crippen molar-refractivity contribution in [2.24, 2.45) is 0 Å². The van der Waals surface area contributed by atoms with E-state index in [0.29, 0.717) is 19.6 Å². The second kappa shape index (κ2) is 6.85. The van der Waals surface area contributed by atoms with E-state index in [1.54, 1.807) is 4.90 Å². The normalized spacial score (nSPS) is 16.0. The van der Waals surface area contributed by atoms with Crippen LogP contribution in [0, 0.1) is 6.92 Å². The summed E-state index contributed by atoms with van der Waals surface area (Å²) in [5, 5.41) is 2.93. The molecular formula is C14H18BrN3O2. The number of carbonyl (C=O) groups is 2. The number of aryl methyl sites for hydroxylation is 1. The molecule has 108 valence electrons. The van der Waals surface area contributed by atoms with Crippen molar-refractivity contribution in [3.05, 3.63) is 28.2 Å². The zero-order valence-electron chi connectivity index (χ0n) is 11.4. The van der Waals surface area contributed by atoms with E-state index in [4.69, 9.17) is 0 Å². The molecule has 6 heteroatoms. The summed E-state index contributed by atoms with van der Waals surface area (Å²) in [6.45, 7) is 5.19. The SMILES string of the molecule is Cc1cc(Br)ccc1NC(=O)CN1CCN(C=O)CC1. The Hall–Kier alpha value is -1.40. The highest BCUT2D eigenvalue weighted by atomic mass is 79.9. The van der Waals surface area contributed by atoms with Crippen LogP contribution in [0.5, 0.6) is 0 Å². The molecular weight excluding hydrogens is 322 g/mol. The van der Waals surface area contributed by atoms with Gasteiger partial charge in [-0.15, -0.1) is 0 Å². The van der Waals surface area contributed by atoms with Crippen molar-refractivity contribution in [1.29, 1.82) is 0 Å². The Morgan fingerprint density at radius 2 is 2.05 bits per heavy atom. The molecule has 2 amide bonds. The van der Waals surface area contributed by atoms with Crippen molar-refractivity contribution in [2.45, 2.75) is 6.92 Å². The van der Waals surface area contributed by atoms with Crippen molar-refractivity contribution in [3.8, 4) is 0 Å². The van der Waals surface area contributed by atoms with Crippen LogP contribution in [0.3, 0.4) is 0 Å². The molecule has 2 rings (SSSR count). The summed E-state index contributed by atoms with van der Waals surface area (Å²) >= 11 is 3.40. The number of benzene rings is 1. The van der Waals surface area contributed by atoms with Crippen molar-refractivity contribution < 1.29 is 9.59 Å². The minimum Gasteiger partial charge on any atom is -0.343 e. The average Bonchev–Trinajstić information content (AvgIpc) is 2.43. The van der Waals surface area contributed by atoms with E-state index in [1.807, 2.05) is 25.1 Å². The number of anilines is 1. The Morgan fingerprint density at radius 3 is 2.65 bits per heavy atom. The van der Waals surface area contributed by atoms with E-state index in [-0.39, 0.29) is 5.91 Å². The third kappa shape index (κ3) is 4.05. The maximum absolute atomic E-state index is 12.0. The Bertz CT molecular complexity index is 499. The number of nitrogens with zero attached hydrogens (tertiary/aromatic N) is 2. The first-order valence-electron chi connectivity index (χ1n) is 6.56. The van der Waals surface area contributed by atoms with Gasteiger partial charge >= 0.3 is 0 Å². The summed E-state index contributed by atoms with van der Waals surface area (Å²) in [5.41, 5.74) is 1.86. The molecule has 0 radical (unpaired) electrons. The van der Waals surface area contributed by atoms with Crippen molar-refractivity contribution in [2.75, 3.05) is 38.0 Å². The lowest BCUT2D eigenvalue weighted by molar-refractivity contribution is -0.120. The van der Waals surface area contributed by atoms with Gasteiger partial charge in [0.2, 0.25) is 12.3 Å². The number of amides is 2. The Morgan fingerprint density at radius 1 is 1.35 bits per heavy atom. The standard InChI is InChI=1S/C14H18BrN3O2/c1-11-8-12(15)2-3-13(11)16-14(20)9-17-4-6-18(10-19)7-5-17/h2-3,8,10H,4-7,9H2,1H3,(H,16,20). The molecule has 1 aliphatic rings.